The third kappa shape index (κ3) is 3.00. The summed E-state index contributed by atoms with van der Waals surface area (Å²) in [7, 11) is 0. The van der Waals surface area contributed by atoms with Crippen molar-refractivity contribution in [1.29, 1.82) is 0 Å². The molecular formula is C13H16N6O2. The highest BCUT2D eigenvalue weighted by molar-refractivity contribution is 5.76. The second-order valence-electron chi connectivity index (χ2n) is 4.72. The van der Waals surface area contributed by atoms with E-state index in [1.165, 1.54) is 4.80 Å². The molecule has 1 aliphatic heterocycles. The van der Waals surface area contributed by atoms with Gasteiger partial charge in [0.25, 0.3) is 0 Å². The minimum absolute atomic E-state index is 0.0386. The summed E-state index contributed by atoms with van der Waals surface area (Å²) >= 11 is 0. The third-order valence-corrected chi connectivity index (χ3v) is 3.30. The number of nitrogens with zero attached hydrogens (tertiary/aromatic N) is 5. The van der Waals surface area contributed by atoms with Crippen molar-refractivity contribution < 1.29 is 9.53 Å². The predicted molar refractivity (Wildman–Crippen MR) is 75.1 cm³/mol. The molecule has 1 saturated heterocycles. The smallest absolute Gasteiger partial charge is 0.246 e. The van der Waals surface area contributed by atoms with Crippen molar-refractivity contribution in [2.45, 2.75) is 6.54 Å². The molecule has 1 aliphatic rings. The van der Waals surface area contributed by atoms with E-state index in [0.29, 0.717) is 43.4 Å². The molecule has 110 valence electrons. The number of ether oxygens (including phenoxy) is 1. The largest absolute Gasteiger partial charge is 0.398 e. The molecule has 21 heavy (non-hydrogen) atoms. The van der Waals surface area contributed by atoms with Crippen molar-refractivity contribution in [2.24, 2.45) is 0 Å². The Labute approximate surface area is 121 Å². The SMILES string of the molecule is Nc1ccccc1-c1nnn(CC(=O)N2CCOCC2)n1. The second kappa shape index (κ2) is 5.88. The average Bonchev–Trinajstić information content (AvgIpc) is 2.97. The van der Waals surface area contributed by atoms with Crippen LogP contribution in [0.15, 0.2) is 24.3 Å². The zero-order valence-electron chi connectivity index (χ0n) is 11.5. The van der Waals surface area contributed by atoms with Crippen LogP contribution in [0.25, 0.3) is 11.4 Å². The summed E-state index contributed by atoms with van der Waals surface area (Å²) in [4.78, 5) is 15.1. The molecule has 2 heterocycles. The predicted octanol–water partition coefficient (Wildman–Crippen LogP) is -0.219. The number of amides is 1. The number of tetrazole rings is 1. The fraction of sp³-hybridized carbons (Fsp3) is 0.385. The zero-order valence-corrected chi connectivity index (χ0v) is 11.5. The van der Waals surface area contributed by atoms with Gasteiger partial charge in [-0.25, -0.2) is 0 Å². The highest BCUT2D eigenvalue weighted by atomic mass is 16.5. The minimum Gasteiger partial charge on any atom is -0.398 e. The van der Waals surface area contributed by atoms with Gasteiger partial charge in [-0.3, -0.25) is 4.79 Å². The van der Waals surface area contributed by atoms with Gasteiger partial charge in [0.15, 0.2) is 0 Å². The number of benzene rings is 1. The van der Waals surface area contributed by atoms with Crippen LogP contribution in [0.5, 0.6) is 0 Å². The molecule has 0 atom stereocenters. The highest BCUT2D eigenvalue weighted by Crippen LogP contribution is 2.20. The Morgan fingerprint density at radius 3 is 2.81 bits per heavy atom. The summed E-state index contributed by atoms with van der Waals surface area (Å²) in [6, 6.07) is 7.28. The number of aromatic nitrogens is 4. The van der Waals surface area contributed by atoms with Crippen molar-refractivity contribution in [3.8, 4) is 11.4 Å². The average molecular weight is 288 g/mol. The number of hydrogen-bond donors (Lipinski definition) is 1. The molecular weight excluding hydrogens is 272 g/mol. The molecule has 2 aromatic rings. The molecule has 1 aromatic carbocycles. The van der Waals surface area contributed by atoms with E-state index < -0.39 is 0 Å². The van der Waals surface area contributed by atoms with Gasteiger partial charge < -0.3 is 15.4 Å². The van der Waals surface area contributed by atoms with Crippen molar-refractivity contribution >= 4 is 11.6 Å². The van der Waals surface area contributed by atoms with Crippen LogP contribution in [0.2, 0.25) is 0 Å². The van der Waals surface area contributed by atoms with Gasteiger partial charge in [0.1, 0.15) is 6.54 Å². The van der Waals surface area contributed by atoms with Gasteiger partial charge in [-0.2, -0.15) is 4.80 Å². The van der Waals surface area contributed by atoms with Gasteiger partial charge in [-0.05, 0) is 17.3 Å². The summed E-state index contributed by atoms with van der Waals surface area (Å²) in [5, 5.41) is 12.1. The Morgan fingerprint density at radius 1 is 1.29 bits per heavy atom. The van der Waals surface area contributed by atoms with Gasteiger partial charge in [0.05, 0.1) is 13.2 Å². The summed E-state index contributed by atoms with van der Waals surface area (Å²) in [6.45, 7) is 2.42. The fourth-order valence-electron chi connectivity index (χ4n) is 2.15. The standard InChI is InChI=1S/C13H16N6O2/c14-11-4-2-1-3-10(11)13-15-17-19(16-13)9-12(20)18-5-7-21-8-6-18/h1-4H,5-9,14H2. The van der Waals surface area contributed by atoms with E-state index in [9.17, 15) is 4.79 Å². The molecule has 0 saturated carbocycles. The molecule has 8 nitrogen and oxygen atoms in total. The lowest BCUT2D eigenvalue weighted by Crippen LogP contribution is -2.42. The lowest BCUT2D eigenvalue weighted by Gasteiger charge is -2.26. The van der Waals surface area contributed by atoms with Crippen LogP contribution in [0.4, 0.5) is 5.69 Å². The molecule has 8 heteroatoms. The molecule has 0 bridgehead atoms. The fourth-order valence-corrected chi connectivity index (χ4v) is 2.15. The Hall–Kier alpha value is -2.48. The first-order chi connectivity index (χ1) is 10.2. The molecule has 1 aromatic heterocycles. The van der Waals surface area contributed by atoms with Gasteiger partial charge in [0, 0.05) is 24.3 Å². The van der Waals surface area contributed by atoms with Crippen molar-refractivity contribution in [1.82, 2.24) is 25.1 Å². The molecule has 0 spiro atoms. The van der Waals surface area contributed by atoms with E-state index >= 15 is 0 Å². The molecule has 2 N–H and O–H groups in total. The normalized spacial score (nSPS) is 15.1. The van der Waals surface area contributed by atoms with Gasteiger partial charge in [-0.15, -0.1) is 10.2 Å². The quantitative estimate of drug-likeness (QED) is 0.784. The van der Waals surface area contributed by atoms with E-state index in [4.69, 9.17) is 10.5 Å². The van der Waals surface area contributed by atoms with Crippen molar-refractivity contribution in [2.75, 3.05) is 32.0 Å². The number of nitrogen functional groups attached to an aromatic ring is 1. The van der Waals surface area contributed by atoms with Gasteiger partial charge in [-0.1, -0.05) is 12.1 Å². The number of nitrogens with two attached hydrogens (primary N) is 1. The second-order valence-corrected chi connectivity index (χ2v) is 4.72. The first-order valence-corrected chi connectivity index (χ1v) is 6.72. The molecule has 0 aliphatic carbocycles. The van der Waals surface area contributed by atoms with Crippen LogP contribution >= 0.6 is 0 Å². The first-order valence-electron chi connectivity index (χ1n) is 6.72. The summed E-state index contributed by atoms with van der Waals surface area (Å²) in [5.74, 6) is 0.381. The first kappa shape index (κ1) is 13.5. The number of rotatable bonds is 3. The topological polar surface area (TPSA) is 99.2 Å². The maximum atomic E-state index is 12.1. The van der Waals surface area contributed by atoms with E-state index in [-0.39, 0.29) is 12.5 Å². The summed E-state index contributed by atoms with van der Waals surface area (Å²) in [6.07, 6.45) is 0. The Bertz CT molecular complexity index is 635. The molecule has 1 amide bonds. The van der Waals surface area contributed by atoms with Crippen LogP contribution in [0.3, 0.4) is 0 Å². The lowest BCUT2D eigenvalue weighted by atomic mass is 10.2. The molecule has 0 unspecified atom stereocenters. The Morgan fingerprint density at radius 2 is 2.05 bits per heavy atom. The van der Waals surface area contributed by atoms with E-state index in [1.807, 2.05) is 18.2 Å². The van der Waals surface area contributed by atoms with Crippen molar-refractivity contribution in [3.05, 3.63) is 24.3 Å². The van der Waals surface area contributed by atoms with E-state index in [1.54, 1.807) is 11.0 Å². The molecule has 1 fully saturated rings. The van der Waals surface area contributed by atoms with Crippen LogP contribution in [-0.2, 0) is 16.1 Å². The maximum absolute atomic E-state index is 12.1. The van der Waals surface area contributed by atoms with E-state index in [0.717, 1.165) is 0 Å². The van der Waals surface area contributed by atoms with Gasteiger partial charge >= 0.3 is 0 Å². The lowest BCUT2D eigenvalue weighted by molar-refractivity contribution is -0.136. The third-order valence-electron chi connectivity index (χ3n) is 3.30. The van der Waals surface area contributed by atoms with E-state index in [2.05, 4.69) is 15.4 Å². The zero-order chi connectivity index (χ0) is 14.7. The number of anilines is 1. The van der Waals surface area contributed by atoms with Gasteiger partial charge in [0.2, 0.25) is 11.7 Å². The Balaban J connectivity index is 1.70. The number of carbonyl (C=O) groups excluding carboxylic acids is 1. The molecule has 0 radical (unpaired) electrons. The summed E-state index contributed by atoms with van der Waals surface area (Å²) in [5.41, 5.74) is 7.16. The number of carbonyl (C=O) groups is 1. The molecule has 3 rings (SSSR count). The summed E-state index contributed by atoms with van der Waals surface area (Å²) < 4.78 is 5.22. The van der Waals surface area contributed by atoms with Crippen LogP contribution in [-0.4, -0.2) is 57.3 Å². The highest BCUT2D eigenvalue weighted by Gasteiger charge is 2.18. The minimum atomic E-state index is -0.0386. The number of hydrogen-bond acceptors (Lipinski definition) is 6. The van der Waals surface area contributed by atoms with Crippen molar-refractivity contribution in [3.63, 3.8) is 0 Å². The van der Waals surface area contributed by atoms with Crippen LogP contribution in [0, 0.1) is 0 Å². The number of morpholine rings is 1. The Kier molecular flexibility index (Phi) is 3.78. The van der Waals surface area contributed by atoms with Crippen LogP contribution in [0.1, 0.15) is 0 Å². The van der Waals surface area contributed by atoms with Crippen LogP contribution < -0.4 is 5.73 Å². The monoisotopic (exact) mass is 288 g/mol. The maximum Gasteiger partial charge on any atom is 0.246 e. The number of para-hydroxylation sites is 1.